The molecule has 1 aliphatic heterocycles. The lowest BCUT2D eigenvalue weighted by molar-refractivity contribution is 0.0837. The van der Waals surface area contributed by atoms with Crippen LogP contribution in [0.1, 0.15) is 91.9 Å². The van der Waals surface area contributed by atoms with Crippen LogP contribution < -0.4 is 5.73 Å². The van der Waals surface area contributed by atoms with Crippen molar-refractivity contribution >= 4 is 5.71 Å². The zero-order valence-electron chi connectivity index (χ0n) is 20.6. The van der Waals surface area contributed by atoms with Crippen LogP contribution in [0.4, 0.5) is 0 Å². The molecule has 0 bridgehead atoms. The van der Waals surface area contributed by atoms with Gasteiger partial charge >= 0.3 is 0 Å². The minimum absolute atomic E-state index is 0.391. The minimum Gasteiger partial charge on any atom is -0.327 e. The molecule has 172 valence electrons. The quantitative estimate of drug-likeness (QED) is 0.489. The second-order valence-corrected chi connectivity index (χ2v) is 12.5. The first kappa shape index (κ1) is 21.9. The summed E-state index contributed by atoms with van der Waals surface area (Å²) in [4.78, 5) is 4.99. The molecule has 0 amide bonds. The van der Waals surface area contributed by atoms with E-state index in [1.807, 2.05) is 5.57 Å². The van der Waals surface area contributed by atoms with Gasteiger partial charge in [-0.1, -0.05) is 51.0 Å². The molecule has 2 N–H and O–H groups in total. The molecule has 8 unspecified atom stereocenters. The Labute approximate surface area is 191 Å². The monoisotopic (exact) mass is 422 g/mol. The molecule has 31 heavy (non-hydrogen) atoms. The number of rotatable bonds is 4. The second-order valence-electron chi connectivity index (χ2n) is 12.5. The van der Waals surface area contributed by atoms with E-state index in [9.17, 15) is 0 Å². The maximum Gasteiger partial charge on any atom is 0.0395 e. The van der Waals surface area contributed by atoms with E-state index in [4.69, 9.17) is 10.7 Å². The normalized spacial score (nSPS) is 43.4. The Kier molecular flexibility index (Phi) is 5.99. The maximum absolute atomic E-state index is 6.32. The van der Waals surface area contributed by atoms with Crippen molar-refractivity contribution in [2.75, 3.05) is 6.54 Å². The molecule has 0 aromatic rings. The van der Waals surface area contributed by atoms with Crippen LogP contribution in [0.3, 0.4) is 0 Å². The van der Waals surface area contributed by atoms with Gasteiger partial charge in [0.05, 0.1) is 0 Å². The van der Waals surface area contributed by atoms with Crippen molar-refractivity contribution in [2.24, 2.45) is 57.6 Å². The number of nitrogens with zero attached hydrogens (tertiary/aromatic N) is 1. The highest BCUT2D eigenvalue weighted by Gasteiger charge is 2.53. The highest BCUT2D eigenvalue weighted by Crippen LogP contribution is 2.62. The third-order valence-electron chi connectivity index (χ3n) is 10.4. The standard InChI is InChI=1S/C29H46N2/c1-18(2)24-12-14-31-28(24)15-19(3)26-9-10-27-25-8-6-21-17-23(30)7-5-20(21)16-22(25)11-13-29(26,27)4/h5,8,18-19,21-24,26-27H,6-7,9-17,30H2,1-4H3. The van der Waals surface area contributed by atoms with Crippen LogP contribution in [0.5, 0.6) is 0 Å². The van der Waals surface area contributed by atoms with Crippen molar-refractivity contribution in [1.29, 1.82) is 0 Å². The number of hydrogen-bond acceptors (Lipinski definition) is 2. The number of aliphatic imine (C=N–C) groups is 1. The van der Waals surface area contributed by atoms with E-state index in [1.165, 1.54) is 57.8 Å². The smallest absolute Gasteiger partial charge is 0.0395 e. The van der Waals surface area contributed by atoms with Crippen LogP contribution in [0.2, 0.25) is 0 Å². The fraction of sp³-hybridized carbons (Fsp3) is 0.828. The first-order valence-electron chi connectivity index (χ1n) is 13.5. The van der Waals surface area contributed by atoms with Gasteiger partial charge in [-0.25, -0.2) is 0 Å². The molecular weight excluding hydrogens is 376 g/mol. The van der Waals surface area contributed by atoms with Crippen LogP contribution in [0, 0.1) is 46.8 Å². The molecule has 2 saturated carbocycles. The zero-order chi connectivity index (χ0) is 21.8. The van der Waals surface area contributed by atoms with Crippen molar-refractivity contribution < 1.29 is 0 Å². The highest BCUT2D eigenvalue weighted by atomic mass is 14.8. The fourth-order valence-electron chi connectivity index (χ4n) is 8.75. The molecule has 5 aliphatic rings. The lowest BCUT2D eigenvalue weighted by Gasteiger charge is -2.47. The van der Waals surface area contributed by atoms with Gasteiger partial charge in [0.25, 0.3) is 0 Å². The SMILES string of the molecule is CC(C)C1CCN=C1CC(C)C1CCC2C3=CCC4CC(N)CC=C4CC3CCC21C. The Morgan fingerprint density at radius 2 is 1.90 bits per heavy atom. The molecule has 2 nitrogen and oxygen atoms in total. The molecule has 0 aromatic heterocycles. The minimum atomic E-state index is 0.391. The lowest BCUT2D eigenvalue weighted by Crippen LogP contribution is -2.39. The van der Waals surface area contributed by atoms with Crippen molar-refractivity contribution in [3.63, 3.8) is 0 Å². The summed E-state index contributed by atoms with van der Waals surface area (Å²) in [5, 5.41) is 0. The summed E-state index contributed by atoms with van der Waals surface area (Å²) < 4.78 is 0. The van der Waals surface area contributed by atoms with Gasteiger partial charge in [0.15, 0.2) is 0 Å². The van der Waals surface area contributed by atoms with E-state index in [-0.39, 0.29) is 0 Å². The molecule has 0 radical (unpaired) electrons. The highest BCUT2D eigenvalue weighted by molar-refractivity contribution is 5.88. The summed E-state index contributed by atoms with van der Waals surface area (Å²) in [5.41, 5.74) is 12.0. The van der Waals surface area contributed by atoms with Crippen LogP contribution in [-0.2, 0) is 0 Å². The Balaban J connectivity index is 1.32. The summed E-state index contributed by atoms with van der Waals surface area (Å²) >= 11 is 0. The van der Waals surface area contributed by atoms with Crippen LogP contribution >= 0.6 is 0 Å². The first-order chi connectivity index (χ1) is 14.9. The predicted molar refractivity (Wildman–Crippen MR) is 132 cm³/mol. The van der Waals surface area contributed by atoms with E-state index < -0.39 is 0 Å². The molecule has 2 heteroatoms. The van der Waals surface area contributed by atoms with E-state index in [1.54, 1.807) is 11.3 Å². The summed E-state index contributed by atoms with van der Waals surface area (Å²) in [5.74, 6) is 5.53. The largest absolute Gasteiger partial charge is 0.327 e. The number of hydrogen-bond donors (Lipinski definition) is 1. The van der Waals surface area contributed by atoms with Crippen LogP contribution in [0.25, 0.3) is 0 Å². The lowest BCUT2D eigenvalue weighted by atomic mass is 9.57. The average Bonchev–Trinajstić information content (AvgIpc) is 3.28. The van der Waals surface area contributed by atoms with Gasteiger partial charge in [0.2, 0.25) is 0 Å². The molecular formula is C29H46N2. The third-order valence-corrected chi connectivity index (χ3v) is 10.4. The van der Waals surface area contributed by atoms with Gasteiger partial charge in [0.1, 0.15) is 0 Å². The molecule has 2 fully saturated rings. The molecule has 1 heterocycles. The summed E-state index contributed by atoms with van der Waals surface area (Å²) in [6.45, 7) is 11.1. The van der Waals surface area contributed by atoms with Crippen molar-refractivity contribution in [1.82, 2.24) is 0 Å². The summed E-state index contributed by atoms with van der Waals surface area (Å²) in [6.07, 6.45) is 18.4. The average molecular weight is 423 g/mol. The van der Waals surface area contributed by atoms with Gasteiger partial charge in [-0.15, -0.1) is 0 Å². The van der Waals surface area contributed by atoms with Gasteiger partial charge < -0.3 is 5.73 Å². The van der Waals surface area contributed by atoms with E-state index in [2.05, 4.69) is 39.8 Å². The van der Waals surface area contributed by atoms with Crippen LogP contribution in [0.15, 0.2) is 28.3 Å². The van der Waals surface area contributed by atoms with E-state index in [0.717, 1.165) is 54.4 Å². The topological polar surface area (TPSA) is 38.4 Å². The fourth-order valence-corrected chi connectivity index (χ4v) is 8.75. The number of allylic oxidation sites excluding steroid dienone is 3. The van der Waals surface area contributed by atoms with Gasteiger partial charge in [-0.05, 0) is 105 Å². The molecule has 5 rings (SSSR count). The van der Waals surface area contributed by atoms with E-state index >= 15 is 0 Å². The Morgan fingerprint density at radius 1 is 1.06 bits per heavy atom. The number of nitrogens with two attached hydrogens (primary N) is 1. The van der Waals surface area contributed by atoms with Gasteiger partial charge in [0, 0.05) is 24.2 Å². The third kappa shape index (κ3) is 3.90. The van der Waals surface area contributed by atoms with Crippen molar-refractivity contribution in [3.05, 3.63) is 23.3 Å². The first-order valence-corrected chi connectivity index (χ1v) is 13.5. The molecule has 4 aliphatic carbocycles. The van der Waals surface area contributed by atoms with Crippen molar-refractivity contribution in [3.8, 4) is 0 Å². The Bertz CT molecular complexity index is 774. The zero-order valence-corrected chi connectivity index (χ0v) is 20.6. The summed E-state index contributed by atoms with van der Waals surface area (Å²) in [6, 6.07) is 0.391. The molecule has 8 atom stereocenters. The summed E-state index contributed by atoms with van der Waals surface area (Å²) in [7, 11) is 0. The molecule has 0 aromatic carbocycles. The van der Waals surface area contributed by atoms with E-state index in [0.29, 0.717) is 11.5 Å². The van der Waals surface area contributed by atoms with Gasteiger partial charge in [-0.3, -0.25) is 4.99 Å². The molecule has 0 saturated heterocycles. The van der Waals surface area contributed by atoms with Crippen molar-refractivity contribution in [2.45, 2.75) is 97.9 Å². The maximum atomic E-state index is 6.32. The second kappa shape index (κ2) is 8.47. The molecule has 0 spiro atoms. The number of fused-ring (bicyclic) bond motifs is 4. The predicted octanol–water partition coefficient (Wildman–Crippen LogP) is 6.96. The Morgan fingerprint density at radius 3 is 2.71 bits per heavy atom. The Hall–Kier alpha value is -0.890. The van der Waals surface area contributed by atoms with Crippen LogP contribution in [-0.4, -0.2) is 18.3 Å². The van der Waals surface area contributed by atoms with Gasteiger partial charge in [-0.2, -0.15) is 0 Å².